The minimum absolute atomic E-state index is 0.330. The van der Waals surface area contributed by atoms with Crippen molar-refractivity contribution in [3.63, 3.8) is 0 Å². The zero-order chi connectivity index (χ0) is 14.0. The van der Waals surface area contributed by atoms with Gasteiger partial charge < -0.3 is 15.7 Å². The summed E-state index contributed by atoms with van der Waals surface area (Å²) in [6.07, 6.45) is 4.37. The Kier molecular flexibility index (Phi) is 4.48. The molecule has 0 spiro atoms. The molecule has 0 aromatic heterocycles. The highest BCUT2D eigenvalue weighted by atomic mass is 16.4. The van der Waals surface area contributed by atoms with E-state index < -0.39 is 11.5 Å². The third-order valence-corrected chi connectivity index (χ3v) is 4.75. The number of aliphatic carboxylic acids is 1. The van der Waals surface area contributed by atoms with Crippen molar-refractivity contribution in [2.45, 2.75) is 56.7 Å². The lowest BCUT2D eigenvalue weighted by Gasteiger charge is -2.42. The zero-order valence-electron chi connectivity index (χ0n) is 12.1. The van der Waals surface area contributed by atoms with E-state index in [0.717, 1.165) is 38.9 Å². The van der Waals surface area contributed by atoms with Gasteiger partial charge in [-0.2, -0.15) is 0 Å². The topological polar surface area (TPSA) is 69.8 Å². The van der Waals surface area contributed by atoms with Gasteiger partial charge in [-0.25, -0.2) is 0 Å². The fraction of sp³-hybridized carbons (Fsp3) is 0.929. The number of rotatable bonds is 2. The summed E-state index contributed by atoms with van der Waals surface area (Å²) in [7, 11) is 2.16. The molecular weight excluding hydrogens is 242 g/mol. The molecule has 3 unspecified atom stereocenters. The molecule has 0 aromatic rings. The highest BCUT2D eigenvalue weighted by Crippen LogP contribution is 2.31. The number of hydrogen-bond donors (Lipinski definition) is 2. The van der Waals surface area contributed by atoms with E-state index in [4.69, 9.17) is 5.73 Å². The predicted molar refractivity (Wildman–Crippen MR) is 75.1 cm³/mol. The third-order valence-electron chi connectivity index (χ3n) is 4.75. The zero-order valence-corrected chi connectivity index (χ0v) is 12.1. The molecule has 5 nitrogen and oxygen atoms in total. The molecule has 19 heavy (non-hydrogen) atoms. The molecule has 1 aliphatic heterocycles. The highest BCUT2D eigenvalue weighted by Gasteiger charge is 2.42. The second kappa shape index (κ2) is 5.77. The van der Waals surface area contributed by atoms with Crippen molar-refractivity contribution in [1.82, 2.24) is 9.80 Å². The fourth-order valence-electron chi connectivity index (χ4n) is 3.69. The Morgan fingerprint density at radius 1 is 1.37 bits per heavy atom. The number of nitrogens with zero attached hydrogens (tertiary/aromatic N) is 2. The minimum Gasteiger partial charge on any atom is -0.480 e. The molecule has 3 atom stereocenters. The number of hydrogen-bond acceptors (Lipinski definition) is 4. The first-order valence-corrected chi connectivity index (χ1v) is 7.39. The molecular formula is C14H27N3O2. The molecule has 5 heteroatoms. The van der Waals surface area contributed by atoms with Gasteiger partial charge in [-0.05, 0) is 59.2 Å². The molecule has 1 aliphatic carbocycles. The molecule has 1 saturated carbocycles. The number of carboxylic acid groups (broad SMARTS) is 1. The van der Waals surface area contributed by atoms with E-state index in [1.807, 2.05) is 0 Å². The van der Waals surface area contributed by atoms with E-state index >= 15 is 0 Å². The van der Waals surface area contributed by atoms with Crippen molar-refractivity contribution in [2.75, 3.05) is 26.7 Å². The highest BCUT2D eigenvalue weighted by molar-refractivity contribution is 5.78. The van der Waals surface area contributed by atoms with Gasteiger partial charge in [-0.15, -0.1) is 0 Å². The van der Waals surface area contributed by atoms with Crippen LogP contribution in [0.1, 0.15) is 39.0 Å². The van der Waals surface area contributed by atoms with Crippen molar-refractivity contribution in [2.24, 2.45) is 5.73 Å². The van der Waals surface area contributed by atoms with Crippen LogP contribution in [0.3, 0.4) is 0 Å². The van der Waals surface area contributed by atoms with Crippen LogP contribution in [0.15, 0.2) is 0 Å². The Morgan fingerprint density at radius 2 is 2.11 bits per heavy atom. The van der Waals surface area contributed by atoms with Gasteiger partial charge >= 0.3 is 5.97 Å². The molecule has 1 heterocycles. The maximum Gasteiger partial charge on any atom is 0.323 e. The first-order chi connectivity index (χ1) is 8.92. The summed E-state index contributed by atoms with van der Waals surface area (Å²) in [4.78, 5) is 16.2. The maximum absolute atomic E-state index is 11.4. The Bertz CT molecular complexity index is 337. The van der Waals surface area contributed by atoms with E-state index in [0.29, 0.717) is 24.9 Å². The smallest absolute Gasteiger partial charge is 0.323 e. The maximum atomic E-state index is 11.4. The minimum atomic E-state index is -1.01. The standard InChI is InChI=1S/C14H27N3O2/c1-11-10-16(2)7-4-8-17(11)12-5-3-6-14(15,9-12)13(18)19/h11-12H,3-10,15H2,1-2H3,(H,18,19). The van der Waals surface area contributed by atoms with Gasteiger partial charge in [0.15, 0.2) is 0 Å². The lowest BCUT2D eigenvalue weighted by atomic mass is 9.79. The second-order valence-electron chi connectivity index (χ2n) is 6.41. The van der Waals surface area contributed by atoms with Crippen LogP contribution in [-0.2, 0) is 4.79 Å². The summed E-state index contributed by atoms with van der Waals surface area (Å²) in [5, 5.41) is 9.33. The van der Waals surface area contributed by atoms with Crippen molar-refractivity contribution in [1.29, 1.82) is 0 Å². The molecule has 0 bridgehead atoms. The molecule has 0 amide bonds. The van der Waals surface area contributed by atoms with Gasteiger partial charge in [0.2, 0.25) is 0 Å². The Morgan fingerprint density at radius 3 is 2.79 bits per heavy atom. The van der Waals surface area contributed by atoms with Gasteiger partial charge in [0.25, 0.3) is 0 Å². The number of nitrogens with two attached hydrogens (primary N) is 1. The van der Waals surface area contributed by atoms with Gasteiger partial charge in [0, 0.05) is 18.6 Å². The van der Waals surface area contributed by atoms with Gasteiger partial charge in [0.1, 0.15) is 5.54 Å². The molecule has 3 N–H and O–H groups in total. The number of carbonyl (C=O) groups is 1. The van der Waals surface area contributed by atoms with Crippen LogP contribution in [0, 0.1) is 0 Å². The summed E-state index contributed by atoms with van der Waals surface area (Å²) in [5.74, 6) is -0.836. The lowest BCUT2D eigenvalue weighted by Crippen LogP contribution is -2.57. The summed E-state index contributed by atoms with van der Waals surface area (Å²) in [6, 6.07) is 0.810. The Balaban J connectivity index is 2.06. The van der Waals surface area contributed by atoms with Crippen LogP contribution in [0.4, 0.5) is 0 Å². The summed E-state index contributed by atoms with van der Waals surface area (Å²) >= 11 is 0. The van der Waals surface area contributed by atoms with Crippen molar-refractivity contribution in [3.8, 4) is 0 Å². The van der Waals surface area contributed by atoms with E-state index in [-0.39, 0.29) is 0 Å². The number of likely N-dealkylation sites (N-methyl/N-ethyl adjacent to an activating group) is 1. The van der Waals surface area contributed by atoms with E-state index in [1.54, 1.807) is 0 Å². The van der Waals surface area contributed by atoms with Crippen LogP contribution in [0.25, 0.3) is 0 Å². The van der Waals surface area contributed by atoms with Crippen LogP contribution < -0.4 is 5.73 Å². The molecule has 110 valence electrons. The summed E-state index contributed by atoms with van der Waals surface area (Å²) in [6.45, 7) is 5.49. The Hall–Kier alpha value is -0.650. The number of carboxylic acids is 1. The largest absolute Gasteiger partial charge is 0.480 e. The quantitative estimate of drug-likeness (QED) is 0.773. The predicted octanol–water partition coefficient (Wildman–Crippen LogP) is 0.737. The summed E-state index contributed by atoms with van der Waals surface area (Å²) < 4.78 is 0. The molecule has 1 saturated heterocycles. The van der Waals surface area contributed by atoms with Crippen LogP contribution in [-0.4, -0.2) is 65.2 Å². The van der Waals surface area contributed by atoms with Gasteiger partial charge in [-0.3, -0.25) is 9.69 Å². The van der Waals surface area contributed by atoms with Crippen molar-refractivity contribution < 1.29 is 9.90 Å². The molecule has 2 aliphatic rings. The van der Waals surface area contributed by atoms with Crippen molar-refractivity contribution >= 4 is 5.97 Å². The average Bonchev–Trinajstić information content (AvgIpc) is 2.50. The molecule has 2 rings (SSSR count). The van der Waals surface area contributed by atoms with Gasteiger partial charge in [-0.1, -0.05) is 0 Å². The monoisotopic (exact) mass is 269 g/mol. The molecule has 0 aromatic carbocycles. The fourth-order valence-corrected chi connectivity index (χ4v) is 3.69. The normalized spacial score (nSPS) is 38.9. The lowest BCUT2D eigenvalue weighted by molar-refractivity contribution is -0.145. The van der Waals surface area contributed by atoms with Gasteiger partial charge in [0.05, 0.1) is 0 Å². The SMILES string of the molecule is CC1CN(C)CCCN1C1CCCC(N)(C(=O)O)C1. The van der Waals surface area contributed by atoms with E-state index in [1.165, 1.54) is 0 Å². The summed E-state index contributed by atoms with van der Waals surface area (Å²) in [5.41, 5.74) is 5.06. The van der Waals surface area contributed by atoms with Crippen molar-refractivity contribution in [3.05, 3.63) is 0 Å². The third kappa shape index (κ3) is 3.27. The molecule has 2 fully saturated rings. The second-order valence-corrected chi connectivity index (χ2v) is 6.41. The van der Waals surface area contributed by atoms with Crippen LogP contribution in [0.2, 0.25) is 0 Å². The van der Waals surface area contributed by atoms with E-state index in [9.17, 15) is 9.90 Å². The molecule has 0 radical (unpaired) electrons. The van der Waals surface area contributed by atoms with Crippen LogP contribution in [0.5, 0.6) is 0 Å². The first kappa shape index (κ1) is 14.8. The van der Waals surface area contributed by atoms with Crippen LogP contribution >= 0.6 is 0 Å². The van der Waals surface area contributed by atoms with E-state index in [2.05, 4.69) is 23.8 Å². The average molecular weight is 269 g/mol. The first-order valence-electron chi connectivity index (χ1n) is 7.39. The Labute approximate surface area is 115 Å².